The Morgan fingerprint density at radius 2 is 1.88 bits per heavy atom. The molecule has 1 N–H and O–H groups in total. The molecule has 146 valence electrons. The minimum absolute atomic E-state index is 0.00972. The van der Waals surface area contributed by atoms with E-state index in [-0.39, 0.29) is 6.54 Å². The molecule has 0 aromatic carbocycles. The van der Waals surface area contributed by atoms with Crippen molar-refractivity contribution in [3.63, 3.8) is 0 Å². The minimum atomic E-state index is -2.94. The van der Waals surface area contributed by atoms with E-state index in [2.05, 4.69) is 5.32 Å². The lowest BCUT2D eigenvalue weighted by Gasteiger charge is -2.26. The average Bonchev–Trinajstić information content (AvgIpc) is 3.00. The Morgan fingerprint density at radius 3 is 2.42 bits per heavy atom. The first-order valence-corrected chi connectivity index (χ1v) is 8.28. The SMILES string of the molecule is CC(=O)C(=O)C(CCC(F)F)NC(=O)C1[C@H]2CC(F)(F)C[C@H]2CN1C=O. The van der Waals surface area contributed by atoms with Crippen molar-refractivity contribution in [3.8, 4) is 0 Å². The Balaban J connectivity index is 2.14. The average molecular weight is 380 g/mol. The maximum absolute atomic E-state index is 13.6. The summed E-state index contributed by atoms with van der Waals surface area (Å²) in [5.74, 6) is -7.09. The van der Waals surface area contributed by atoms with Crippen molar-refractivity contribution >= 4 is 23.9 Å². The number of Topliss-reactive ketones (excluding diaryl/α,β-unsaturated/α-hetero) is 2. The molecular weight excluding hydrogens is 360 g/mol. The van der Waals surface area contributed by atoms with Gasteiger partial charge in [-0.25, -0.2) is 17.6 Å². The fraction of sp³-hybridized carbons (Fsp3) is 0.750. The summed E-state index contributed by atoms with van der Waals surface area (Å²) in [4.78, 5) is 48.0. The van der Waals surface area contributed by atoms with Gasteiger partial charge in [-0.15, -0.1) is 0 Å². The maximum Gasteiger partial charge on any atom is 0.248 e. The number of rotatable bonds is 8. The molecule has 2 rings (SSSR count). The summed E-state index contributed by atoms with van der Waals surface area (Å²) in [5.41, 5.74) is 0. The molecule has 2 amide bonds. The molecule has 1 aliphatic heterocycles. The Kier molecular flexibility index (Phi) is 6.02. The number of nitrogens with one attached hydrogen (secondary N) is 1. The largest absolute Gasteiger partial charge is 0.344 e. The van der Waals surface area contributed by atoms with Gasteiger partial charge in [-0.2, -0.15) is 0 Å². The minimum Gasteiger partial charge on any atom is -0.344 e. The van der Waals surface area contributed by atoms with Crippen molar-refractivity contribution in [2.45, 2.75) is 57.0 Å². The molecule has 1 saturated carbocycles. The molecule has 0 aromatic heterocycles. The molecule has 1 saturated heterocycles. The molecule has 4 atom stereocenters. The van der Waals surface area contributed by atoms with Gasteiger partial charge < -0.3 is 10.2 Å². The van der Waals surface area contributed by atoms with Gasteiger partial charge in [0.1, 0.15) is 6.04 Å². The highest BCUT2D eigenvalue weighted by atomic mass is 19.3. The van der Waals surface area contributed by atoms with E-state index in [0.717, 1.165) is 11.8 Å². The summed E-state index contributed by atoms with van der Waals surface area (Å²) in [6.45, 7) is 0.939. The number of likely N-dealkylation sites (tertiary alicyclic amines) is 1. The highest BCUT2D eigenvalue weighted by Crippen LogP contribution is 2.49. The van der Waals surface area contributed by atoms with Crippen LogP contribution in [-0.4, -0.2) is 59.8 Å². The molecule has 26 heavy (non-hydrogen) atoms. The zero-order valence-corrected chi connectivity index (χ0v) is 14.1. The first-order valence-electron chi connectivity index (χ1n) is 8.28. The monoisotopic (exact) mass is 380 g/mol. The lowest BCUT2D eigenvalue weighted by molar-refractivity contribution is -0.139. The molecule has 0 bridgehead atoms. The molecule has 1 heterocycles. The summed E-state index contributed by atoms with van der Waals surface area (Å²) in [6, 6.07) is -2.68. The van der Waals surface area contributed by atoms with E-state index >= 15 is 0 Å². The second-order valence-electron chi connectivity index (χ2n) is 6.89. The van der Waals surface area contributed by atoms with E-state index in [1.54, 1.807) is 0 Å². The summed E-state index contributed by atoms with van der Waals surface area (Å²) >= 11 is 0. The molecule has 0 radical (unpaired) electrons. The van der Waals surface area contributed by atoms with Crippen molar-refractivity contribution in [1.82, 2.24) is 10.2 Å². The van der Waals surface area contributed by atoms with Crippen LogP contribution in [0.5, 0.6) is 0 Å². The van der Waals surface area contributed by atoms with Gasteiger partial charge in [-0.3, -0.25) is 19.2 Å². The normalized spacial score (nSPS) is 27.9. The smallest absolute Gasteiger partial charge is 0.248 e. The van der Waals surface area contributed by atoms with Gasteiger partial charge in [0.15, 0.2) is 5.78 Å². The van der Waals surface area contributed by atoms with Gasteiger partial charge in [0.05, 0.1) is 6.04 Å². The van der Waals surface area contributed by atoms with Crippen LogP contribution in [0.3, 0.4) is 0 Å². The molecule has 6 nitrogen and oxygen atoms in total. The quantitative estimate of drug-likeness (QED) is 0.389. The van der Waals surface area contributed by atoms with E-state index in [9.17, 15) is 36.7 Å². The van der Waals surface area contributed by atoms with Gasteiger partial charge in [0.25, 0.3) is 0 Å². The second kappa shape index (κ2) is 7.71. The zero-order chi connectivity index (χ0) is 19.6. The number of alkyl halides is 4. The maximum atomic E-state index is 13.6. The number of halogens is 4. The highest BCUT2D eigenvalue weighted by molar-refractivity contribution is 6.38. The van der Waals surface area contributed by atoms with Crippen LogP contribution in [0, 0.1) is 11.8 Å². The van der Waals surface area contributed by atoms with Crippen LogP contribution < -0.4 is 5.32 Å². The summed E-state index contributed by atoms with van der Waals surface area (Å²) in [6.07, 6.45) is -4.53. The molecular formula is C16H20F4N2O4. The number of nitrogens with zero attached hydrogens (tertiary/aromatic N) is 1. The van der Waals surface area contributed by atoms with Gasteiger partial charge in [0, 0.05) is 32.7 Å². The van der Waals surface area contributed by atoms with Gasteiger partial charge >= 0.3 is 0 Å². The van der Waals surface area contributed by atoms with Crippen LogP contribution >= 0.6 is 0 Å². The van der Waals surface area contributed by atoms with Crippen LogP contribution in [0.4, 0.5) is 17.6 Å². The Morgan fingerprint density at radius 1 is 1.23 bits per heavy atom. The third-order valence-electron chi connectivity index (χ3n) is 4.97. The number of carbonyl (C=O) groups excluding carboxylic acids is 4. The van der Waals surface area contributed by atoms with Crippen molar-refractivity contribution in [3.05, 3.63) is 0 Å². The molecule has 1 aliphatic carbocycles. The lowest BCUT2D eigenvalue weighted by atomic mass is 9.93. The predicted octanol–water partition coefficient (Wildman–Crippen LogP) is 1.18. The molecule has 2 aliphatic rings. The summed E-state index contributed by atoms with van der Waals surface area (Å²) in [5, 5.41) is 2.21. The predicted molar refractivity (Wildman–Crippen MR) is 80.6 cm³/mol. The lowest BCUT2D eigenvalue weighted by Crippen LogP contribution is -2.52. The zero-order valence-electron chi connectivity index (χ0n) is 14.1. The highest BCUT2D eigenvalue weighted by Gasteiger charge is 2.56. The van der Waals surface area contributed by atoms with Crippen molar-refractivity contribution in [2.24, 2.45) is 11.8 Å². The third kappa shape index (κ3) is 4.39. The topological polar surface area (TPSA) is 83.6 Å². The van der Waals surface area contributed by atoms with E-state index in [1.165, 1.54) is 0 Å². The molecule has 10 heteroatoms. The number of hydrogen-bond donors (Lipinski definition) is 1. The summed E-state index contributed by atoms with van der Waals surface area (Å²) in [7, 11) is 0. The fourth-order valence-corrected chi connectivity index (χ4v) is 3.85. The molecule has 2 unspecified atom stereocenters. The Labute approximate surface area is 147 Å². The van der Waals surface area contributed by atoms with E-state index in [0.29, 0.717) is 6.41 Å². The van der Waals surface area contributed by atoms with E-state index in [4.69, 9.17) is 0 Å². The number of fused-ring (bicyclic) bond motifs is 1. The molecule has 0 spiro atoms. The first kappa shape index (κ1) is 20.3. The number of carbonyl (C=O) groups is 4. The standard InChI is InChI=1S/C16H20F4N2O4/c1-8(24)14(25)11(2-3-12(17)18)21-15(26)13-10-5-16(19,20)4-9(10)6-22(13)7-23/h7,9-13H,2-6H2,1H3,(H,21,26)/t9-,10-,11?,13?/m0/s1. The van der Waals surface area contributed by atoms with Crippen LogP contribution in [0.15, 0.2) is 0 Å². The second-order valence-corrected chi connectivity index (χ2v) is 6.89. The number of ketones is 2. The van der Waals surface area contributed by atoms with E-state index in [1.807, 2.05) is 0 Å². The van der Waals surface area contributed by atoms with Gasteiger partial charge in [-0.1, -0.05) is 0 Å². The summed E-state index contributed by atoms with van der Waals surface area (Å²) < 4.78 is 52.1. The first-order chi connectivity index (χ1) is 12.1. The van der Waals surface area contributed by atoms with Crippen LogP contribution in [-0.2, 0) is 19.2 Å². The van der Waals surface area contributed by atoms with Crippen molar-refractivity contribution in [1.29, 1.82) is 0 Å². The van der Waals surface area contributed by atoms with Gasteiger partial charge in [0.2, 0.25) is 30.4 Å². The Bertz CT molecular complexity index is 599. The Hall–Kier alpha value is -2.00. The van der Waals surface area contributed by atoms with Crippen LogP contribution in [0.1, 0.15) is 32.6 Å². The van der Waals surface area contributed by atoms with Crippen molar-refractivity contribution < 1.29 is 36.7 Å². The van der Waals surface area contributed by atoms with E-state index < -0.39 is 79.4 Å². The number of amides is 2. The third-order valence-corrected chi connectivity index (χ3v) is 4.97. The fourth-order valence-electron chi connectivity index (χ4n) is 3.85. The number of hydrogen-bond acceptors (Lipinski definition) is 4. The van der Waals surface area contributed by atoms with Crippen molar-refractivity contribution in [2.75, 3.05) is 6.54 Å². The molecule has 2 fully saturated rings. The van der Waals surface area contributed by atoms with Crippen LogP contribution in [0.25, 0.3) is 0 Å². The van der Waals surface area contributed by atoms with Gasteiger partial charge in [-0.05, 0) is 18.3 Å². The molecule has 0 aromatic rings. The van der Waals surface area contributed by atoms with Crippen LogP contribution in [0.2, 0.25) is 0 Å².